The Hall–Kier alpha value is -1.73. The van der Waals surface area contributed by atoms with Crippen molar-refractivity contribution >= 4 is 39.4 Å². The second-order valence-corrected chi connectivity index (χ2v) is 7.32. The zero-order valence-electron chi connectivity index (χ0n) is 12.3. The van der Waals surface area contributed by atoms with Gasteiger partial charge in [0.15, 0.2) is 11.3 Å². The van der Waals surface area contributed by atoms with Crippen LogP contribution in [-0.4, -0.2) is 41.2 Å². The van der Waals surface area contributed by atoms with Crippen molar-refractivity contribution in [1.82, 2.24) is 24.6 Å². The summed E-state index contributed by atoms with van der Waals surface area (Å²) in [5.74, 6) is 1.26. The summed E-state index contributed by atoms with van der Waals surface area (Å²) in [5.41, 5.74) is 2.60. The first-order valence-electron chi connectivity index (χ1n) is 7.57. The monoisotopic (exact) mass is 422 g/mol. The van der Waals surface area contributed by atoms with Crippen LogP contribution in [0.15, 0.2) is 18.5 Å². The number of hydrogen-bond donors (Lipinski definition) is 1. The summed E-state index contributed by atoms with van der Waals surface area (Å²) in [4.78, 5) is 7.49. The summed E-state index contributed by atoms with van der Waals surface area (Å²) in [7, 11) is 0. The predicted octanol–water partition coefficient (Wildman–Crippen LogP) is 2.59. The van der Waals surface area contributed by atoms with Crippen molar-refractivity contribution in [3.05, 3.63) is 24.3 Å². The highest BCUT2D eigenvalue weighted by atomic mass is 127. The number of nitrogens with zero attached hydrogens (tertiary/aromatic N) is 5. The molecule has 0 aromatic carbocycles. The molecule has 4 rings (SSSR count). The molecule has 0 aliphatic heterocycles. The zero-order valence-corrected chi connectivity index (χ0v) is 14.5. The number of aromatic nitrogens is 5. The number of H-pyrrole nitrogens is 1. The molecule has 1 aliphatic carbocycles. The van der Waals surface area contributed by atoms with Gasteiger partial charge in [0, 0.05) is 16.0 Å². The average molecular weight is 422 g/mol. The van der Waals surface area contributed by atoms with Gasteiger partial charge >= 0.3 is 0 Å². The van der Waals surface area contributed by atoms with Gasteiger partial charge in [0.05, 0.1) is 36.9 Å². The first-order valence-corrected chi connectivity index (χ1v) is 8.82. The van der Waals surface area contributed by atoms with Gasteiger partial charge in [0.2, 0.25) is 0 Å². The lowest BCUT2D eigenvalue weighted by Crippen LogP contribution is -2.10. The molecule has 0 spiro atoms. The molecule has 1 fully saturated rings. The molecular weight excluding hydrogens is 407 g/mol. The van der Waals surface area contributed by atoms with E-state index in [1.807, 2.05) is 12.3 Å². The Kier molecular flexibility index (Phi) is 3.90. The first-order chi connectivity index (χ1) is 11.3. The van der Waals surface area contributed by atoms with Crippen LogP contribution in [0.5, 0.6) is 0 Å². The fourth-order valence-corrected chi connectivity index (χ4v) is 4.44. The van der Waals surface area contributed by atoms with Gasteiger partial charge in [-0.2, -0.15) is 5.26 Å². The Bertz CT molecular complexity index is 881. The minimum Gasteiger partial charge on any atom is -0.377 e. The second kappa shape index (κ2) is 6.05. The summed E-state index contributed by atoms with van der Waals surface area (Å²) in [6.07, 6.45) is 6.14. The third kappa shape index (κ3) is 2.57. The van der Waals surface area contributed by atoms with Gasteiger partial charge in [-0.25, -0.2) is 4.98 Å². The van der Waals surface area contributed by atoms with Gasteiger partial charge in [0.1, 0.15) is 5.82 Å². The number of ether oxygens (including phenoxy) is 1. The number of hydrogen-bond acceptors (Lipinski definition) is 5. The van der Waals surface area contributed by atoms with Crippen molar-refractivity contribution in [3.8, 4) is 6.07 Å². The third-order valence-electron chi connectivity index (χ3n) is 4.31. The van der Waals surface area contributed by atoms with Crippen LogP contribution in [0.3, 0.4) is 0 Å². The Morgan fingerprint density at radius 1 is 1.43 bits per heavy atom. The lowest BCUT2D eigenvalue weighted by Gasteiger charge is -2.12. The number of fused-ring (bicyclic) bond motifs is 3. The maximum atomic E-state index is 8.63. The van der Waals surface area contributed by atoms with Gasteiger partial charge in [0.25, 0.3) is 0 Å². The maximum absolute atomic E-state index is 8.63. The molecule has 3 aromatic rings. The lowest BCUT2D eigenvalue weighted by molar-refractivity contribution is 0.0616. The number of aromatic amines is 1. The lowest BCUT2D eigenvalue weighted by atomic mass is 10.1. The summed E-state index contributed by atoms with van der Waals surface area (Å²) in [6.45, 7) is 0.504. The molecule has 8 heteroatoms. The summed E-state index contributed by atoms with van der Waals surface area (Å²) in [5, 5.41) is 17.3. The molecular formula is C15H15IN6O. The fraction of sp³-hybridized carbons (Fsp3) is 0.467. The molecule has 7 nitrogen and oxygen atoms in total. The molecule has 118 valence electrons. The Balaban J connectivity index is 1.66. The van der Waals surface area contributed by atoms with E-state index in [0.717, 1.165) is 35.5 Å². The fourth-order valence-electron chi connectivity index (χ4n) is 3.26. The summed E-state index contributed by atoms with van der Waals surface area (Å²) >= 11 is 2.48. The highest BCUT2D eigenvalue weighted by Crippen LogP contribution is 2.40. The Labute approximate surface area is 146 Å². The summed E-state index contributed by atoms with van der Waals surface area (Å²) < 4.78 is 8.35. The summed E-state index contributed by atoms with van der Waals surface area (Å²) in [6, 6.07) is 4.12. The van der Waals surface area contributed by atoms with Crippen LogP contribution in [0.25, 0.3) is 16.8 Å². The third-order valence-corrected chi connectivity index (χ3v) is 5.68. The van der Waals surface area contributed by atoms with Gasteiger partial charge in [-0.1, -0.05) is 22.6 Å². The standard InChI is InChI=1S/C15H15IN6O/c16-11-7-9(23-5-1-3-17)6-10(11)15-21-20-13-8-19-14-12(22(13)15)2-4-18-14/h2,4,8-11,18H,1,5-7H2/t9-,10?,11+/m0/s1. The van der Waals surface area contributed by atoms with Crippen LogP contribution in [0, 0.1) is 11.3 Å². The van der Waals surface area contributed by atoms with Crippen molar-refractivity contribution in [3.63, 3.8) is 0 Å². The van der Waals surface area contributed by atoms with Gasteiger partial charge in [-0.3, -0.25) is 4.40 Å². The highest BCUT2D eigenvalue weighted by Gasteiger charge is 2.37. The predicted molar refractivity (Wildman–Crippen MR) is 92.4 cm³/mol. The Morgan fingerprint density at radius 3 is 3.22 bits per heavy atom. The maximum Gasteiger partial charge on any atom is 0.179 e. The van der Waals surface area contributed by atoms with E-state index in [-0.39, 0.29) is 12.0 Å². The molecule has 1 N–H and O–H groups in total. The molecule has 1 unspecified atom stereocenters. The van der Waals surface area contributed by atoms with E-state index in [9.17, 15) is 0 Å². The van der Waals surface area contributed by atoms with Crippen LogP contribution in [-0.2, 0) is 4.74 Å². The topological polar surface area (TPSA) is 91.9 Å². The number of nitrogens with one attached hydrogen (secondary N) is 1. The van der Waals surface area contributed by atoms with E-state index >= 15 is 0 Å². The van der Waals surface area contributed by atoms with E-state index < -0.39 is 0 Å². The van der Waals surface area contributed by atoms with E-state index in [1.165, 1.54) is 0 Å². The van der Waals surface area contributed by atoms with Gasteiger partial charge in [-0.05, 0) is 18.9 Å². The van der Waals surface area contributed by atoms with Crippen molar-refractivity contribution in [1.29, 1.82) is 5.26 Å². The molecule has 3 heterocycles. The minimum absolute atomic E-state index is 0.186. The quantitative estimate of drug-likeness (QED) is 0.397. The van der Waals surface area contributed by atoms with E-state index in [1.54, 1.807) is 6.20 Å². The zero-order chi connectivity index (χ0) is 15.8. The molecule has 0 saturated heterocycles. The second-order valence-electron chi connectivity index (χ2n) is 5.72. The smallest absolute Gasteiger partial charge is 0.179 e. The van der Waals surface area contributed by atoms with Crippen molar-refractivity contribution in [2.75, 3.05) is 6.61 Å². The first kappa shape index (κ1) is 14.8. The number of rotatable bonds is 4. The van der Waals surface area contributed by atoms with Gasteiger partial charge in [-0.15, -0.1) is 10.2 Å². The van der Waals surface area contributed by atoms with Crippen LogP contribution in [0.1, 0.15) is 31.0 Å². The molecule has 0 amide bonds. The van der Waals surface area contributed by atoms with Crippen molar-refractivity contribution in [2.45, 2.75) is 35.2 Å². The van der Waals surface area contributed by atoms with E-state index in [4.69, 9.17) is 10.00 Å². The highest BCUT2D eigenvalue weighted by molar-refractivity contribution is 14.1. The van der Waals surface area contributed by atoms with E-state index in [2.05, 4.69) is 53.2 Å². The van der Waals surface area contributed by atoms with Gasteiger partial charge < -0.3 is 9.72 Å². The average Bonchev–Trinajstić information content (AvgIpc) is 3.24. The largest absolute Gasteiger partial charge is 0.377 e. The number of nitriles is 1. The van der Waals surface area contributed by atoms with Crippen molar-refractivity contribution in [2.24, 2.45) is 0 Å². The molecule has 23 heavy (non-hydrogen) atoms. The normalized spacial score (nSPS) is 24.4. The van der Waals surface area contributed by atoms with Crippen LogP contribution < -0.4 is 0 Å². The minimum atomic E-state index is 0.186. The molecule has 3 aromatic heterocycles. The molecule has 0 bridgehead atoms. The van der Waals surface area contributed by atoms with Crippen LogP contribution >= 0.6 is 22.6 Å². The molecule has 0 radical (unpaired) electrons. The SMILES string of the molecule is N#CCCO[C@H]1CC(c2nnc3cnc4[nH]ccc4n23)[C@H](I)C1. The number of alkyl halides is 1. The van der Waals surface area contributed by atoms with Crippen LogP contribution in [0.2, 0.25) is 0 Å². The molecule has 1 saturated carbocycles. The Morgan fingerprint density at radius 2 is 2.35 bits per heavy atom. The van der Waals surface area contributed by atoms with Crippen LogP contribution in [0.4, 0.5) is 0 Å². The number of halogens is 1. The van der Waals surface area contributed by atoms with Crippen molar-refractivity contribution < 1.29 is 4.74 Å². The molecule has 1 aliphatic rings. The van der Waals surface area contributed by atoms with E-state index in [0.29, 0.717) is 17.0 Å². The molecule has 3 atom stereocenters.